The van der Waals surface area contributed by atoms with Crippen molar-refractivity contribution in [3.05, 3.63) is 71.6 Å². The van der Waals surface area contributed by atoms with Crippen molar-refractivity contribution >= 4 is 40.2 Å². The molecule has 12 heteroatoms. The fourth-order valence-corrected chi connectivity index (χ4v) is 3.40. The van der Waals surface area contributed by atoms with E-state index in [9.17, 15) is 9.18 Å². The van der Waals surface area contributed by atoms with Crippen molar-refractivity contribution in [1.29, 1.82) is 0 Å². The Morgan fingerprint density at radius 3 is 2.76 bits per heavy atom. The maximum Gasteiger partial charge on any atom is 0.405 e. The van der Waals surface area contributed by atoms with Crippen LogP contribution >= 0.6 is 11.6 Å². The molecule has 5 rings (SSSR count). The fourth-order valence-electron chi connectivity index (χ4n) is 3.20. The number of H-pyrrole nitrogens is 1. The van der Waals surface area contributed by atoms with Gasteiger partial charge >= 0.3 is 6.14 Å². The van der Waals surface area contributed by atoms with Gasteiger partial charge in [-0.15, -0.1) is 4.39 Å². The number of carbonyl (C=O) groups is 1. The Hall–Kier alpha value is -4.51. The van der Waals surface area contributed by atoms with Gasteiger partial charge in [0.05, 0.1) is 16.1 Å². The van der Waals surface area contributed by atoms with E-state index in [1.807, 2.05) is 6.07 Å². The van der Waals surface area contributed by atoms with Crippen molar-refractivity contribution in [2.24, 2.45) is 0 Å². The first-order valence-electron chi connectivity index (χ1n) is 9.90. The third-order valence-electron chi connectivity index (χ3n) is 4.75. The van der Waals surface area contributed by atoms with Gasteiger partial charge in [-0.3, -0.25) is 9.78 Å². The van der Waals surface area contributed by atoms with Crippen LogP contribution in [0.3, 0.4) is 0 Å². The monoisotopic (exact) mass is 479 g/mol. The minimum Gasteiger partial charge on any atom is -0.457 e. The molecule has 0 fully saturated rings. The van der Waals surface area contributed by atoms with Crippen LogP contribution in [-0.2, 0) is 0 Å². The van der Waals surface area contributed by atoms with Gasteiger partial charge in [0.25, 0.3) is 5.91 Å². The molecule has 0 aliphatic heterocycles. The molecule has 0 saturated carbocycles. The Morgan fingerprint density at radius 2 is 1.97 bits per heavy atom. The first kappa shape index (κ1) is 21.3. The van der Waals surface area contributed by atoms with Crippen LogP contribution in [-0.4, -0.2) is 38.0 Å². The molecule has 0 unspecified atom stereocenters. The molecule has 0 aliphatic carbocycles. The van der Waals surface area contributed by atoms with Crippen LogP contribution in [0, 0.1) is 6.14 Å². The molecular formula is C22H15ClFN7O3. The number of aromatic amines is 1. The summed E-state index contributed by atoms with van der Waals surface area (Å²) in [6.07, 6.45) is 0.453. The number of hydrogen-bond acceptors (Lipinski definition) is 8. The van der Waals surface area contributed by atoms with Gasteiger partial charge in [-0.2, -0.15) is 4.98 Å². The van der Waals surface area contributed by atoms with Gasteiger partial charge in [-0.1, -0.05) is 16.8 Å². The lowest BCUT2D eigenvalue weighted by atomic mass is 10.2. The van der Waals surface area contributed by atoms with Crippen LogP contribution in [0.2, 0.25) is 5.02 Å². The first-order chi connectivity index (χ1) is 16.5. The van der Waals surface area contributed by atoms with Gasteiger partial charge in [-0.25, -0.2) is 4.98 Å². The molecule has 10 nitrogen and oxygen atoms in total. The number of benzene rings is 2. The Morgan fingerprint density at radius 1 is 1.12 bits per heavy atom. The van der Waals surface area contributed by atoms with E-state index in [1.54, 1.807) is 42.5 Å². The highest BCUT2D eigenvalue weighted by Crippen LogP contribution is 2.31. The van der Waals surface area contributed by atoms with E-state index in [-0.39, 0.29) is 17.4 Å². The Kier molecular flexibility index (Phi) is 5.52. The largest absolute Gasteiger partial charge is 0.457 e. The average Bonchev–Trinajstić information content (AvgIpc) is 3.45. The highest BCUT2D eigenvalue weighted by Gasteiger charge is 2.14. The van der Waals surface area contributed by atoms with Crippen LogP contribution in [0.4, 0.5) is 16.0 Å². The summed E-state index contributed by atoms with van der Waals surface area (Å²) >= 11 is 6.19. The van der Waals surface area contributed by atoms with Gasteiger partial charge in [-0.05, 0) is 36.4 Å². The summed E-state index contributed by atoms with van der Waals surface area (Å²) in [5.41, 5.74) is 2.69. The highest BCUT2D eigenvalue weighted by atomic mass is 35.5. The minimum absolute atomic E-state index is 0.0354. The molecule has 5 aromatic rings. The lowest BCUT2D eigenvalue weighted by Gasteiger charge is -2.06. The Balaban J connectivity index is 1.37. The normalized spacial score (nSPS) is 10.9. The third-order valence-corrected chi connectivity index (χ3v) is 5.08. The molecule has 34 heavy (non-hydrogen) atoms. The van der Waals surface area contributed by atoms with Gasteiger partial charge in [0, 0.05) is 36.6 Å². The van der Waals surface area contributed by atoms with Crippen LogP contribution in [0.1, 0.15) is 10.5 Å². The fraction of sp³-hybridized carbons (Fsp3) is 0.0455. The first-order valence-corrected chi connectivity index (χ1v) is 10.3. The molecular weight excluding hydrogens is 465 g/mol. The molecule has 1 amide bonds. The Labute approximate surface area is 196 Å². The van der Waals surface area contributed by atoms with Gasteiger partial charge < -0.3 is 24.9 Å². The number of carbonyl (C=O) groups excluding carboxylic acids is 1. The SMILES string of the molecule is CNC(=O)c1cc(Oc2ccc3[nH]c(Nc4ccc(Cl)c(-c5noc(F)n5)c4)nc3c2)ccn1. The van der Waals surface area contributed by atoms with Crippen molar-refractivity contribution in [3.63, 3.8) is 0 Å². The summed E-state index contributed by atoms with van der Waals surface area (Å²) in [6, 6.07) is 13.6. The smallest absolute Gasteiger partial charge is 0.405 e. The maximum absolute atomic E-state index is 13.1. The molecule has 0 saturated heterocycles. The molecule has 3 heterocycles. The number of fused-ring (bicyclic) bond motifs is 1. The van der Waals surface area contributed by atoms with Crippen LogP contribution in [0.25, 0.3) is 22.4 Å². The third kappa shape index (κ3) is 4.36. The number of imidazole rings is 1. The summed E-state index contributed by atoms with van der Waals surface area (Å²) in [5.74, 6) is 1.19. The summed E-state index contributed by atoms with van der Waals surface area (Å²) in [5, 5.41) is 9.55. The number of anilines is 2. The lowest BCUT2D eigenvalue weighted by molar-refractivity contribution is 0.0958. The summed E-state index contributed by atoms with van der Waals surface area (Å²) < 4.78 is 23.4. The number of nitrogens with zero attached hydrogens (tertiary/aromatic N) is 4. The van der Waals surface area contributed by atoms with Crippen molar-refractivity contribution < 1.29 is 18.4 Å². The number of ether oxygens (including phenoxy) is 1. The van der Waals surface area contributed by atoms with E-state index in [1.165, 1.54) is 13.2 Å². The second-order valence-corrected chi connectivity index (χ2v) is 7.42. The van der Waals surface area contributed by atoms with Gasteiger partial charge in [0.2, 0.25) is 11.8 Å². The van der Waals surface area contributed by atoms with Crippen molar-refractivity contribution in [3.8, 4) is 22.9 Å². The van der Waals surface area contributed by atoms with Crippen LogP contribution in [0.5, 0.6) is 11.5 Å². The number of hydrogen-bond donors (Lipinski definition) is 3. The second-order valence-electron chi connectivity index (χ2n) is 7.01. The molecule has 3 aromatic heterocycles. The average molecular weight is 480 g/mol. The zero-order chi connectivity index (χ0) is 23.7. The van der Waals surface area contributed by atoms with E-state index in [4.69, 9.17) is 16.3 Å². The summed E-state index contributed by atoms with van der Waals surface area (Å²) in [6.45, 7) is 0. The van der Waals surface area contributed by atoms with Crippen LogP contribution in [0.15, 0.2) is 59.3 Å². The van der Waals surface area contributed by atoms with Gasteiger partial charge in [0.1, 0.15) is 17.2 Å². The molecule has 0 bridgehead atoms. The highest BCUT2D eigenvalue weighted by molar-refractivity contribution is 6.33. The predicted octanol–water partition coefficient (Wildman–Crippen LogP) is 4.70. The molecule has 0 radical (unpaired) electrons. The van der Waals surface area contributed by atoms with Crippen LogP contribution < -0.4 is 15.4 Å². The molecule has 170 valence electrons. The van der Waals surface area contributed by atoms with Gasteiger partial charge in [0.15, 0.2) is 0 Å². The minimum atomic E-state index is -1.05. The molecule has 3 N–H and O–H groups in total. The van der Waals surface area contributed by atoms with Crippen molar-refractivity contribution in [2.75, 3.05) is 12.4 Å². The Bertz CT molecular complexity index is 1520. The predicted molar refractivity (Wildman–Crippen MR) is 122 cm³/mol. The number of halogens is 2. The van der Waals surface area contributed by atoms with Crippen molar-refractivity contribution in [1.82, 2.24) is 30.4 Å². The number of aromatic nitrogens is 5. The van der Waals surface area contributed by atoms with E-state index in [0.717, 1.165) is 5.52 Å². The number of nitrogens with one attached hydrogen (secondary N) is 3. The molecule has 0 spiro atoms. The maximum atomic E-state index is 13.1. The topological polar surface area (TPSA) is 131 Å². The van der Waals surface area contributed by atoms with E-state index < -0.39 is 6.14 Å². The van der Waals surface area contributed by atoms with E-state index >= 15 is 0 Å². The number of pyridine rings is 1. The molecule has 0 atom stereocenters. The summed E-state index contributed by atoms with van der Waals surface area (Å²) in [4.78, 5) is 27.1. The molecule has 0 aliphatic rings. The standard InChI is InChI=1S/C22H15ClFN7O3/c1-25-20(32)18-10-13(6-7-26-18)33-12-3-5-16-17(9-12)29-22(28-16)27-11-2-4-15(23)14(8-11)19-30-21(24)34-31-19/h2-10H,1H3,(H,25,32)(H2,27,28,29). The van der Waals surface area contributed by atoms with E-state index in [0.29, 0.717) is 39.2 Å². The zero-order valence-electron chi connectivity index (χ0n) is 17.5. The molecule has 2 aromatic carbocycles. The number of amides is 1. The summed E-state index contributed by atoms with van der Waals surface area (Å²) in [7, 11) is 1.53. The quantitative estimate of drug-likeness (QED) is 0.319. The number of rotatable bonds is 6. The second kappa shape index (κ2) is 8.79. The van der Waals surface area contributed by atoms with Crippen molar-refractivity contribution in [2.45, 2.75) is 0 Å². The lowest BCUT2D eigenvalue weighted by Crippen LogP contribution is -2.18. The zero-order valence-corrected chi connectivity index (χ0v) is 18.2. The van der Waals surface area contributed by atoms with E-state index in [2.05, 4.69) is 40.2 Å².